The third kappa shape index (κ3) is 2.05. The van der Waals surface area contributed by atoms with Crippen LogP contribution < -0.4 is 11.4 Å². The molecule has 80 valence electrons. The van der Waals surface area contributed by atoms with Crippen molar-refractivity contribution < 1.29 is 0 Å². The van der Waals surface area contributed by atoms with Crippen LogP contribution in [0, 0.1) is 0 Å². The fourth-order valence-electron chi connectivity index (χ4n) is 0.922. The monoisotopic (exact) mass is 218 g/mol. The summed E-state index contributed by atoms with van der Waals surface area (Å²) in [4.78, 5) is 29.2. The predicted octanol–water partition coefficient (Wildman–Crippen LogP) is -0.521. The molecule has 0 aliphatic rings. The van der Waals surface area contributed by atoms with Crippen LogP contribution in [-0.4, -0.2) is 19.3 Å². The molecule has 0 atom stereocenters. The van der Waals surface area contributed by atoms with Gasteiger partial charge in [0.1, 0.15) is 0 Å². The summed E-state index contributed by atoms with van der Waals surface area (Å²) in [6.45, 7) is 0. The molecular weight excluding hydrogens is 212 g/mol. The molecule has 0 aromatic carbocycles. The van der Waals surface area contributed by atoms with Crippen LogP contribution in [0.1, 0.15) is 0 Å². The summed E-state index contributed by atoms with van der Waals surface area (Å²) < 4.78 is 1.80. The van der Waals surface area contributed by atoms with Crippen LogP contribution in [0.5, 0.6) is 0 Å². The van der Waals surface area contributed by atoms with E-state index in [1.54, 1.807) is 0 Å². The first-order chi connectivity index (χ1) is 7.77. The quantitative estimate of drug-likeness (QED) is 0.633. The Morgan fingerprint density at radius 1 is 0.875 bits per heavy atom. The Hall–Kier alpha value is -2.64. The fraction of sp³-hybridized carbons (Fsp3) is 0. The molecule has 0 aliphatic carbocycles. The summed E-state index contributed by atoms with van der Waals surface area (Å²) in [5.74, 6) is 0. The number of aromatic nitrogens is 4. The summed E-state index contributed by atoms with van der Waals surface area (Å²) in [7, 11) is 0. The van der Waals surface area contributed by atoms with Crippen molar-refractivity contribution in [1.29, 1.82) is 0 Å². The first-order valence-corrected chi connectivity index (χ1v) is 4.27. The van der Waals surface area contributed by atoms with Crippen LogP contribution in [0.3, 0.4) is 0 Å². The van der Waals surface area contributed by atoms with E-state index in [-0.39, 0.29) is 0 Å². The topological polar surface area (TPSA) is 94.5 Å². The predicted molar refractivity (Wildman–Crippen MR) is 52.6 cm³/mol. The fourth-order valence-corrected chi connectivity index (χ4v) is 0.922. The summed E-state index contributed by atoms with van der Waals surface area (Å²) in [6.07, 6.45) is 5.43. The molecule has 0 N–H and O–H groups in total. The van der Waals surface area contributed by atoms with Gasteiger partial charge >= 0.3 is 11.4 Å². The number of hydrogen-bond acceptors (Lipinski definition) is 6. The van der Waals surface area contributed by atoms with Gasteiger partial charge in [0.15, 0.2) is 0 Å². The molecule has 0 bridgehead atoms. The van der Waals surface area contributed by atoms with E-state index < -0.39 is 11.4 Å². The highest BCUT2D eigenvalue weighted by molar-refractivity contribution is 4.81. The maximum atomic E-state index is 11.1. The van der Waals surface area contributed by atoms with Gasteiger partial charge in [0.05, 0.1) is 0 Å². The second-order valence-corrected chi connectivity index (χ2v) is 2.67. The molecule has 2 heterocycles. The highest BCUT2D eigenvalue weighted by atomic mass is 16.2. The minimum absolute atomic E-state index is 0.580. The average molecular weight is 218 g/mol. The van der Waals surface area contributed by atoms with E-state index in [1.807, 2.05) is 0 Å². The molecule has 2 aromatic rings. The molecule has 16 heavy (non-hydrogen) atoms. The number of hydrogen-bond donors (Lipinski definition) is 0. The second-order valence-electron chi connectivity index (χ2n) is 2.67. The Morgan fingerprint density at radius 2 is 1.31 bits per heavy atom. The van der Waals surface area contributed by atoms with Gasteiger partial charge in [-0.15, -0.1) is 0 Å². The molecule has 0 aliphatic heterocycles. The van der Waals surface area contributed by atoms with Crippen LogP contribution in [0.2, 0.25) is 0 Å². The molecule has 0 saturated carbocycles. The van der Waals surface area contributed by atoms with Gasteiger partial charge in [0.2, 0.25) is 0 Å². The van der Waals surface area contributed by atoms with E-state index in [2.05, 4.69) is 20.4 Å². The zero-order chi connectivity index (χ0) is 11.4. The SMILES string of the molecule is O=c1ncccn1/N=N/n1cccnc1=O. The Bertz CT molecular complexity index is 573. The lowest BCUT2D eigenvalue weighted by Crippen LogP contribution is -2.20. The molecule has 2 rings (SSSR count). The van der Waals surface area contributed by atoms with Gasteiger partial charge in [0, 0.05) is 24.8 Å². The van der Waals surface area contributed by atoms with Crippen LogP contribution in [-0.2, 0) is 0 Å². The lowest BCUT2D eigenvalue weighted by atomic mass is 10.7. The van der Waals surface area contributed by atoms with Crippen molar-refractivity contribution in [2.75, 3.05) is 0 Å². The van der Waals surface area contributed by atoms with Crippen molar-refractivity contribution >= 4 is 0 Å². The van der Waals surface area contributed by atoms with Crippen molar-refractivity contribution in [2.24, 2.45) is 10.4 Å². The number of nitrogens with zero attached hydrogens (tertiary/aromatic N) is 6. The Morgan fingerprint density at radius 3 is 1.69 bits per heavy atom. The zero-order valence-electron chi connectivity index (χ0n) is 7.96. The minimum Gasteiger partial charge on any atom is -0.244 e. The lowest BCUT2D eigenvalue weighted by molar-refractivity contribution is 0.629. The Balaban J connectivity index is 2.36. The van der Waals surface area contributed by atoms with E-state index in [4.69, 9.17) is 0 Å². The highest BCUT2D eigenvalue weighted by Crippen LogP contribution is 1.83. The van der Waals surface area contributed by atoms with E-state index in [0.717, 1.165) is 9.35 Å². The largest absolute Gasteiger partial charge is 0.369 e. The molecule has 8 nitrogen and oxygen atoms in total. The first-order valence-electron chi connectivity index (χ1n) is 4.27. The van der Waals surface area contributed by atoms with Gasteiger partial charge < -0.3 is 0 Å². The smallest absolute Gasteiger partial charge is 0.244 e. The maximum absolute atomic E-state index is 11.1. The molecule has 0 fully saturated rings. The standard InChI is InChI=1S/C8H6N6O2/c15-7-9-3-1-5-13(7)11-12-14-6-2-4-10-8(14)16/h1-6H/b12-11+. The normalized spacial score (nSPS) is 10.8. The Labute approximate surface area is 88.5 Å². The van der Waals surface area contributed by atoms with Crippen LogP contribution in [0.15, 0.2) is 57.0 Å². The highest BCUT2D eigenvalue weighted by Gasteiger charge is 1.93. The maximum Gasteiger partial charge on any atom is 0.369 e. The van der Waals surface area contributed by atoms with Crippen LogP contribution >= 0.6 is 0 Å². The molecule has 0 spiro atoms. The summed E-state index contributed by atoms with van der Waals surface area (Å²) >= 11 is 0. The third-order valence-electron chi connectivity index (χ3n) is 1.62. The summed E-state index contributed by atoms with van der Waals surface area (Å²) in [6, 6.07) is 3.04. The average Bonchev–Trinajstić information content (AvgIpc) is 2.30. The second kappa shape index (κ2) is 4.26. The van der Waals surface area contributed by atoms with Crippen molar-refractivity contribution in [3.05, 3.63) is 57.9 Å². The van der Waals surface area contributed by atoms with Gasteiger partial charge in [0.25, 0.3) is 0 Å². The van der Waals surface area contributed by atoms with Crippen molar-refractivity contribution in [1.82, 2.24) is 19.3 Å². The summed E-state index contributed by atoms with van der Waals surface area (Å²) in [5, 5.41) is 7.05. The van der Waals surface area contributed by atoms with Crippen molar-refractivity contribution in [2.45, 2.75) is 0 Å². The van der Waals surface area contributed by atoms with Crippen LogP contribution in [0.25, 0.3) is 0 Å². The van der Waals surface area contributed by atoms with Gasteiger partial charge in [-0.3, -0.25) is 0 Å². The molecule has 0 radical (unpaired) electrons. The van der Waals surface area contributed by atoms with E-state index >= 15 is 0 Å². The Kier molecular flexibility index (Phi) is 2.63. The van der Waals surface area contributed by atoms with Crippen molar-refractivity contribution in [3.63, 3.8) is 0 Å². The third-order valence-corrected chi connectivity index (χ3v) is 1.62. The number of rotatable bonds is 2. The molecule has 8 heteroatoms. The molecule has 0 unspecified atom stereocenters. The molecule has 0 amide bonds. The van der Waals surface area contributed by atoms with Gasteiger partial charge in [-0.25, -0.2) is 9.59 Å². The molecule has 2 aromatic heterocycles. The lowest BCUT2D eigenvalue weighted by Gasteiger charge is -1.94. The van der Waals surface area contributed by atoms with Gasteiger partial charge in [-0.2, -0.15) is 19.3 Å². The van der Waals surface area contributed by atoms with Gasteiger partial charge in [-0.1, -0.05) is 0 Å². The van der Waals surface area contributed by atoms with Crippen LogP contribution in [0.4, 0.5) is 0 Å². The minimum atomic E-state index is -0.580. The van der Waals surface area contributed by atoms with Crippen molar-refractivity contribution in [3.8, 4) is 0 Å². The molecule has 0 saturated heterocycles. The van der Waals surface area contributed by atoms with E-state index in [9.17, 15) is 9.59 Å². The molecular formula is C8H6N6O2. The first kappa shape index (κ1) is 9.90. The zero-order valence-corrected chi connectivity index (χ0v) is 7.96. The van der Waals surface area contributed by atoms with E-state index in [1.165, 1.54) is 36.9 Å². The summed E-state index contributed by atoms with van der Waals surface area (Å²) in [5.41, 5.74) is -1.16. The van der Waals surface area contributed by atoms with Gasteiger partial charge in [-0.05, 0) is 22.6 Å². The van der Waals surface area contributed by atoms with E-state index in [0.29, 0.717) is 0 Å².